The van der Waals surface area contributed by atoms with Gasteiger partial charge in [-0.1, -0.05) is 292 Å². The van der Waals surface area contributed by atoms with E-state index in [9.17, 15) is 43.2 Å². The Balaban J connectivity index is 5.19. The predicted octanol–water partition coefficient (Wildman–Crippen LogP) is 19.2. The monoisotopic (exact) mass is 1280 g/mol. The molecule has 0 rings (SSSR count). The van der Waals surface area contributed by atoms with Crippen LogP contribution in [0.3, 0.4) is 0 Å². The molecule has 0 amide bonds. The van der Waals surface area contributed by atoms with E-state index in [4.69, 9.17) is 37.0 Å². The Morgan fingerprint density at radius 1 is 0.310 bits per heavy atom. The fourth-order valence-corrected chi connectivity index (χ4v) is 11.8. The first kappa shape index (κ1) is 85.1. The second-order valence-corrected chi connectivity index (χ2v) is 28.4. The summed E-state index contributed by atoms with van der Waals surface area (Å²) in [5.41, 5.74) is 0. The van der Waals surface area contributed by atoms with Gasteiger partial charge in [0.05, 0.1) is 26.4 Å². The molecule has 0 heterocycles. The van der Waals surface area contributed by atoms with Crippen molar-refractivity contribution < 1.29 is 80.2 Å². The van der Waals surface area contributed by atoms with Crippen molar-refractivity contribution in [3.8, 4) is 0 Å². The normalized spacial score (nSPS) is 14.2. The maximum Gasteiger partial charge on any atom is 0.472 e. The first-order chi connectivity index (χ1) is 41.9. The molecule has 0 aliphatic heterocycles. The van der Waals surface area contributed by atoms with Crippen LogP contribution >= 0.6 is 15.6 Å². The summed E-state index contributed by atoms with van der Waals surface area (Å²) in [6, 6.07) is 0. The van der Waals surface area contributed by atoms with Crippen molar-refractivity contribution in [2.75, 3.05) is 39.6 Å². The lowest BCUT2D eigenvalue weighted by Gasteiger charge is -2.21. The number of phosphoric acid groups is 2. The minimum Gasteiger partial charge on any atom is -0.462 e. The third kappa shape index (κ3) is 62.6. The van der Waals surface area contributed by atoms with Gasteiger partial charge in [0.15, 0.2) is 12.2 Å². The van der Waals surface area contributed by atoms with Gasteiger partial charge in [0.1, 0.15) is 19.3 Å². The van der Waals surface area contributed by atoms with Gasteiger partial charge in [0, 0.05) is 25.7 Å². The summed E-state index contributed by atoms with van der Waals surface area (Å²) in [5.74, 6) is -0.566. The fourth-order valence-electron chi connectivity index (χ4n) is 10.2. The second-order valence-electron chi connectivity index (χ2n) is 25.5. The highest BCUT2D eigenvalue weighted by Gasteiger charge is 2.30. The standard InChI is InChI=1S/C68H132O17P2/c1-7-9-11-13-15-25-34-40-46-52-67(72)84-63(56-78-65(70)50-44-38-30-14-12-10-8-2)58-82-86(74,75)80-54-62(69)55-81-87(76,77)83-59-64(57-79-66(71)51-45-39-33-28-24-20-22-27-32-37-43-49-61(5)6)85-68(73)53-47-41-35-29-23-19-17-16-18-21-26-31-36-42-48-60(3)4/h60-64,69H,7-59H2,1-6H3,(H,74,75)(H,76,77)/t62-,63+,64+/m0/s1. The molecule has 0 aliphatic rings. The highest BCUT2D eigenvalue weighted by Crippen LogP contribution is 2.45. The third-order valence-electron chi connectivity index (χ3n) is 15.7. The Morgan fingerprint density at radius 2 is 0.529 bits per heavy atom. The molecule has 0 bridgehead atoms. The molecule has 516 valence electrons. The molecule has 0 aromatic heterocycles. The van der Waals surface area contributed by atoms with E-state index in [1.54, 1.807) is 0 Å². The molecule has 0 saturated carbocycles. The average molecular weight is 1280 g/mol. The number of carbonyl (C=O) groups is 4. The molecule has 0 radical (unpaired) electrons. The predicted molar refractivity (Wildman–Crippen MR) is 349 cm³/mol. The molecule has 0 spiro atoms. The lowest BCUT2D eigenvalue weighted by molar-refractivity contribution is -0.161. The number of unbranched alkanes of at least 4 members (excludes halogenated alkanes) is 37. The summed E-state index contributed by atoms with van der Waals surface area (Å²) in [4.78, 5) is 72.3. The Labute approximate surface area is 530 Å². The van der Waals surface area contributed by atoms with Crippen LogP contribution in [0.4, 0.5) is 0 Å². The minimum absolute atomic E-state index is 0.105. The van der Waals surface area contributed by atoms with Crippen LogP contribution in [-0.4, -0.2) is 96.7 Å². The van der Waals surface area contributed by atoms with E-state index in [2.05, 4.69) is 41.5 Å². The lowest BCUT2D eigenvalue weighted by atomic mass is 10.0. The quantitative estimate of drug-likeness (QED) is 0.0222. The second kappa shape index (κ2) is 60.3. The van der Waals surface area contributed by atoms with Crippen molar-refractivity contribution >= 4 is 39.5 Å². The average Bonchev–Trinajstić information content (AvgIpc) is 3.60. The van der Waals surface area contributed by atoms with Crippen LogP contribution in [0, 0.1) is 11.8 Å². The summed E-state index contributed by atoms with van der Waals surface area (Å²) in [6.07, 6.45) is 44.5. The van der Waals surface area contributed by atoms with E-state index < -0.39 is 97.5 Å². The van der Waals surface area contributed by atoms with E-state index in [0.29, 0.717) is 25.7 Å². The SMILES string of the molecule is CCCCCCCCCCCC(=O)O[C@H](COC(=O)CCCCCCCCC)COP(=O)(O)OC[C@H](O)COP(=O)(O)OC[C@@H](COC(=O)CCCCCCCCCCCCCC(C)C)OC(=O)CCCCCCCCCCCCCCCCC(C)C. The zero-order valence-corrected chi connectivity index (χ0v) is 58.1. The van der Waals surface area contributed by atoms with Crippen molar-refractivity contribution in [2.45, 2.75) is 362 Å². The van der Waals surface area contributed by atoms with Crippen molar-refractivity contribution in [1.29, 1.82) is 0 Å². The molecular weight excluding hydrogens is 1150 g/mol. The highest BCUT2D eigenvalue weighted by atomic mass is 31.2. The Bertz CT molecular complexity index is 1700. The van der Waals surface area contributed by atoms with Crippen LogP contribution in [0.5, 0.6) is 0 Å². The van der Waals surface area contributed by atoms with Crippen LogP contribution in [-0.2, 0) is 65.4 Å². The third-order valence-corrected chi connectivity index (χ3v) is 17.6. The van der Waals surface area contributed by atoms with E-state index in [0.717, 1.165) is 115 Å². The van der Waals surface area contributed by atoms with Gasteiger partial charge in [-0.3, -0.25) is 37.3 Å². The van der Waals surface area contributed by atoms with Gasteiger partial charge >= 0.3 is 39.5 Å². The van der Waals surface area contributed by atoms with Crippen LogP contribution in [0.2, 0.25) is 0 Å². The Morgan fingerprint density at radius 3 is 0.782 bits per heavy atom. The molecular formula is C68H132O17P2. The number of hydrogen-bond acceptors (Lipinski definition) is 15. The maximum absolute atomic E-state index is 13.0. The van der Waals surface area contributed by atoms with Gasteiger partial charge in [-0.2, -0.15) is 0 Å². The molecule has 0 saturated heterocycles. The van der Waals surface area contributed by atoms with Crippen molar-refractivity contribution in [2.24, 2.45) is 11.8 Å². The largest absolute Gasteiger partial charge is 0.472 e. The summed E-state index contributed by atoms with van der Waals surface area (Å²) in [6.45, 7) is 9.50. The molecule has 87 heavy (non-hydrogen) atoms. The molecule has 2 unspecified atom stereocenters. The molecule has 0 fully saturated rings. The first-order valence-electron chi connectivity index (χ1n) is 35.5. The fraction of sp³-hybridized carbons (Fsp3) is 0.941. The highest BCUT2D eigenvalue weighted by molar-refractivity contribution is 7.47. The van der Waals surface area contributed by atoms with Gasteiger partial charge in [0.25, 0.3) is 0 Å². The molecule has 5 atom stereocenters. The Hall–Kier alpha value is -1.94. The van der Waals surface area contributed by atoms with Gasteiger partial charge in [-0.25, -0.2) is 9.13 Å². The topological polar surface area (TPSA) is 237 Å². The number of rotatable bonds is 67. The number of esters is 4. The molecule has 0 aliphatic carbocycles. The van der Waals surface area contributed by atoms with Crippen molar-refractivity contribution in [3.05, 3.63) is 0 Å². The van der Waals surface area contributed by atoms with Gasteiger partial charge < -0.3 is 33.8 Å². The van der Waals surface area contributed by atoms with Crippen LogP contribution in [0.15, 0.2) is 0 Å². The number of aliphatic hydroxyl groups excluding tert-OH is 1. The molecule has 19 heteroatoms. The summed E-state index contributed by atoms with van der Waals surface area (Å²) in [7, 11) is -9.89. The Kier molecular flexibility index (Phi) is 59.0. The van der Waals surface area contributed by atoms with Crippen LogP contribution < -0.4 is 0 Å². The zero-order valence-electron chi connectivity index (χ0n) is 56.3. The van der Waals surface area contributed by atoms with E-state index in [1.165, 1.54) is 148 Å². The van der Waals surface area contributed by atoms with E-state index in [1.807, 2.05) is 0 Å². The van der Waals surface area contributed by atoms with Gasteiger partial charge in [-0.05, 0) is 37.5 Å². The number of phosphoric ester groups is 2. The maximum atomic E-state index is 13.0. The molecule has 0 aromatic rings. The minimum atomic E-state index is -4.95. The van der Waals surface area contributed by atoms with Gasteiger partial charge in [0.2, 0.25) is 0 Å². The lowest BCUT2D eigenvalue weighted by Crippen LogP contribution is -2.30. The summed E-state index contributed by atoms with van der Waals surface area (Å²) >= 11 is 0. The van der Waals surface area contributed by atoms with Crippen molar-refractivity contribution in [3.63, 3.8) is 0 Å². The zero-order chi connectivity index (χ0) is 64.3. The summed E-state index contributed by atoms with van der Waals surface area (Å²) in [5, 5.41) is 10.5. The smallest absolute Gasteiger partial charge is 0.462 e. The molecule has 17 nitrogen and oxygen atoms in total. The first-order valence-corrected chi connectivity index (χ1v) is 38.5. The van der Waals surface area contributed by atoms with Gasteiger partial charge in [-0.15, -0.1) is 0 Å². The van der Waals surface area contributed by atoms with Crippen LogP contribution in [0.25, 0.3) is 0 Å². The van der Waals surface area contributed by atoms with E-state index >= 15 is 0 Å². The number of ether oxygens (including phenoxy) is 4. The number of hydrogen-bond donors (Lipinski definition) is 3. The van der Waals surface area contributed by atoms with Crippen molar-refractivity contribution in [1.82, 2.24) is 0 Å². The molecule has 0 aromatic carbocycles. The number of aliphatic hydroxyl groups is 1. The van der Waals surface area contributed by atoms with Crippen LogP contribution in [0.1, 0.15) is 343 Å². The number of carbonyl (C=O) groups excluding carboxylic acids is 4. The summed E-state index contributed by atoms with van der Waals surface area (Å²) < 4.78 is 68.0. The molecule has 3 N–H and O–H groups in total. The van der Waals surface area contributed by atoms with E-state index in [-0.39, 0.29) is 25.7 Å².